The molecule has 116 valence electrons. The van der Waals surface area contributed by atoms with Crippen molar-refractivity contribution in [2.75, 3.05) is 11.6 Å². The van der Waals surface area contributed by atoms with Gasteiger partial charge in [0.25, 0.3) is 0 Å². The van der Waals surface area contributed by atoms with Crippen molar-refractivity contribution in [2.45, 2.75) is 39.3 Å². The zero-order chi connectivity index (χ0) is 15.9. The third-order valence-electron chi connectivity index (χ3n) is 1.82. The molecule has 0 fully saturated rings. The molecule has 3 N–H and O–H groups in total. The molecule has 0 radical (unpaired) electrons. The molecule has 1 unspecified atom stereocenters. The first kappa shape index (κ1) is 18.4. The summed E-state index contributed by atoms with van der Waals surface area (Å²) >= 11 is 0. The molecule has 2 amide bonds. The molecular formula is C11H20N2O6S. The number of carbonyl (C=O) groups is 3. The minimum atomic E-state index is -1.61. The van der Waals surface area contributed by atoms with Gasteiger partial charge in [0, 0.05) is 17.7 Å². The summed E-state index contributed by atoms with van der Waals surface area (Å²) in [5.74, 6) is -2.19. The summed E-state index contributed by atoms with van der Waals surface area (Å²) in [5, 5.41) is 13.4. The van der Waals surface area contributed by atoms with Gasteiger partial charge in [0.2, 0.25) is 5.91 Å². The van der Waals surface area contributed by atoms with E-state index in [2.05, 4.69) is 10.6 Å². The van der Waals surface area contributed by atoms with E-state index in [0.29, 0.717) is 0 Å². The zero-order valence-corrected chi connectivity index (χ0v) is 12.7. The summed E-state index contributed by atoms with van der Waals surface area (Å²) in [6.07, 6.45) is -0.901. The molecule has 0 aliphatic rings. The van der Waals surface area contributed by atoms with Gasteiger partial charge in [-0.15, -0.1) is 0 Å². The lowest BCUT2D eigenvalue weighted by molar-refractivity contribution is -0.138. The fraction of sp³-hybridized carbons (Fsp3) is 0.727. The molecule has 2 atom stereocenters. The molecule has 0 aromatic rings. The quantitative estimate of drug-likeness (QED) is 0.625. The van der Waals surface area contributed by atoms with E-state index >= 15 is 0 Å². The van der Waals surface area contributed by atoms with Crippen LogP contribution in [0, 0.1) is 0 Å². The molecule has 0 spiro atoms. The van der Waals surface area contributed by atoms with Crippen molar-refractivity contribution < 1.29 is 28.4 Å². The molecule has 0 rings (SSSR count). The fourth-order valence-corrected chi connectivity index (χ4v) is 2.13. The predicted octanol–water partition coefficient (Wildman–Crippen LogP) is -0.193. The standard InChI is InChI=1S/C11H20N2O6S/c1-7(14)12-6-20(18)5-8(9(15)16)13-10(17)19-11(2,3)4/h8H,5-6H2,1-4H3,(H,12,14)(H,13,17)(H,15,16)/t8-,20?/m0/s1. The molecular weight excluding hydrogens is 288 g/mol. The van der Waals surface area contributed by atoms with Crippen LogP contribution in [-0.2, 0) is 25.1 Å². The van der Waals surface area contributed by atoms with Crippen molar-refractivity contribution in [2.24, 2.45) is 0 Å². The first-order chi connectivity index (χ1) is 9.01. The predicted molar refractivity (Wildman–Crippen MR) is 72.5 cm³/mol. The number of hydrogen-bond donors (Lipinski definition) is 3. The molecule has 0 aliphatic carbocycles. The summed E-state index contributed by atoms with van der Waals surface area (Å²) in [5.41, 5.74) is -0.761. The Bertz CT molecular complexity index is 404. The first-order valence-electron chi connectivity index (χ1n) is 5.83. The van der Waals surface area contributed by atoms with Crippen LogP contribution in [0.5, 0.6) is 0 Å². The normalized spacial score (nSPS) is 14.0. The van der Waals surface area contributed by atoms with Gasteiger partial charge in [-0.25, -0.2) is 9.59 Å². The smallest absolute Gasteiger partial charge is 0.408 e. The average molecular weight is 308 g/mol. The molecule has 0 saturated heterocycles. The summed E-state index contributed by atoms with van der Waals surface area (Å²) in [6.45, 7) is 6.16. The molecule has 0 aromatic carbocycles. The number of aliphatic carboxylic acids is 1. The minimum Gasteiger partial charge on any atom is -0.480 e. The van der Waals surface area contributed by atoms with Gasteiger partial charge in [0.1, 0.15) is 11.6 Å². The van der Waals surface area contributed by atoms with Crippen LogP contribution in [0.15, 0.2) is 0 Å². The number of carbonyl (C=O) groups excluding carboxylic acids is 2. The van der Waals surface area contributed by atoms with Crippen molar-refractivity contribution in [3.8, 4) is 0 Å². The van der Waals surface area contributed by atoms with Crippen molar-refractivity contribution in [1.29, 1.82) is 0 Å². The second kappa shape index (κ2) is 7.83. The van der Waals surface area contributed by atoms with Crippen molar-refractivity contribution in [3.63, 3.8) is 0 Å². The van der Waals surface area contributed by atoms with Gasteiger partial charge in [-0.05, 0) is 20.8 Å². The van der Waals surface area contributed by atoms with Crippen LogP contribution in [0.3, 0.4) is 0 Å². The van der Waals surface area contributed by atoms with Gasteiger partial charge in [-0.2, -0.15) is 0 Å². The van der Waals surface area contributed by atoms with Gasteiger partial charge in [0.15, 0.2) is 0 Å². The average Bonchev–Trinajstić information content (AvgIpc) is 2.22. The molecule has 9 heteroatoms. The fourth-order valence-electron chi connectivity index (χ4n) is 1.05. The van der Waals surface area contributed by atoms with Crippen LogP contribution in [0.25, 0.3) is 0 Å². The summed E-state index contributed by atoms with van der Waals surface area (Å²) < 4.78 is 16.5. The highest BCUT2D eigenvalue weighted by molar-refractivity contribution is 7.85. The van der Waals surface area contributed by atoms with E-state index < -0.39 is 34.5 Å². The van der Waals surface area contributed by atoms with Gasteiger partial charge in [-0.3, -0.25) is 9.00 Å². The third kappa shape index (κ3) is 9.31. The number of alkyl carbamates (subject to hydrolysis) is 1. The largest absolute Gasteiger partial charge is 0.480 e. The number of carboxylic acids is 1. The maximum atomic E-state index is 11.6. The third-order valence-corrected chi connectivity index (χ3v) is 3.00. The Kier molecular flexibility index (Phi) is 7.19. The Hall–Kier alpha value is -1.64. The van der Waals surface area contributed by atoms with E-state index in [4.69, 9.17) is 9.84 Å². The molecule has 0 heterocycles. The summed E-state index contributed by atoms with van der Waals surface area (Å²) in [7, 11) is -1.61. The van der Waals surface area contributed by atoms with E-state index in [1.165, 1.54) is 6.92 Å². The van der Waals surface area contributed by atoms with E-state index in [-0.39, 0.29) is 17.5 Å². The highest BCUT2D eigenvalue weighted by atomic mass is 32.2. The van der Waals surface area contributed by atoms with E-state index in [1.54, 1.807) is 20.8 Å². The molecule has 20 heavy (non-hydrogen) atoms. The summed E-state index contributed by atoms with van der Waals surface area (Å²) in [6, 6.07) is -1.35. The number of ether oxygens (including phenoxy) is 1. The van der Waals surface area contributed by atoms with Crippen LogP contribution in [0.1, 0.15) is 27.7 Å². The molecule has 0 bridgehead atoms. The van der Waals surface area contributed by atoms with Crippen LogP contribution in [0.4, 0.5) is 4.79 Å². The zero-order valence-electron chi connectivity index (χ0n) is 11.9. The van der Waals surface area contributed by atoms with Gasteiger partial charge >= 0.3 is 12.1 Å². The second-order valence-corrected chi connectivity index (χ2v) is 6.52. The second-order valence-electron chi connectivity index (χ2n) is 5.02. The van der Waals surface area contributed by atoms with Gasteiger partial charge < -0.3 is 20.5 Å². The molecule has 8 nitrogen and oxygen atoms in total. The van der Waals surface area contributed by atoms with Gasteiger partial charge in [0.05, 0.1) is 11.6 Å². The molecule has 0 saturated carbocycles. The lowest BCUT2D eigenvalue weighted by Crippen LogP contribution is -2.47. The number of nitrogens with one attached hydrogen (secondary N) is 2. The topological polar surface area (TPSA) is 122 Å². The Morgan fingerprint density at radius 1 is 1.30 bits per heavy atom. The Balaban J connectivity index is 4.44. The maximum absolute atomic E-state index is 11.6. The maximum Gasteiger partial charge on any atom is 0.408 e. The van der Waals surface area contributed by atoms with Crippen molar-refractivity contribution in [1.82, 2.24) is 10.6 Å². The minimum absolute atomic E-state index is 0.172. The van der Waals surface area contributed by atoms with Crippen LogP contribution < -0.4 is 10.6 Å². The number of carboxylic acid groups (broad SMARTS) is 1. The van der Waals surface area contributed by atoms with E-state index in [0.717, 1.165) is 0 Å². The Morgan fingerprint density at radius 2 is 1.85 bits per heavy atom. The number of rotatable bonds is 6. The van der Waals surface area contributed by atoms with E-state index in [1.807, 2.05) is 0 Å². The van der Waals surface area contributed by atoms with Gasteiger partial charge in [-0.1, -0.05) is 0 Å². The molecule has 0 aliphatic heterocycles. The lowest BCUT2D eigenvalue weighted by Gasteiger charge is -2.21. The van der Waals surface area contributed by atoms with Crippen LogP contribution >= 0.6 is 0 Å². The van der Waals surface area contributed by atoms with Crippen LogP contribution in [-0.4, -0.2) is 50.6 Å². The number of hydrogen-bond acceptors (Lipinski definition) is 5. The Labute approximate surface area is 119 Å². The molecule has 0 aromatic heterocycles. The monoisotopic (exact) mass is 308 g/mol. The van der Waals surface area contributed by atoms with Crippen molar-refractivity contribution in [3.05, 3.63) is 0 Å². The SMILES string of the molecule is CC(=O)NCS(=O)C[C@H](NC(=O)OC(C)(C)C)C(=O)O. The van der Waals surface area contributed by atoms with E-state index in [9.17, 15) is 18.6 Å². The lowest BCUT2D eigenvalue weighted by atomic mass is 10.2. The first-order valence-corrected chi connectivity index (χ1v) is 7.32. The highest BCUT2D eigenvalue weighted by Crippen LogP contribution is 2.07. The summed E-state index contributed by atoms with van der Waals surface area (Å²) in [4.78, 5) is 33.1. The number of amides is 2. The Morgan fingerprint density at radius 3 is 2.25 bits per heavy atom. The van der Waals surface area contributed by atoms with Crippen molar-refractivity contribution >= 4 is 28.8 Å². The van der Waals surface area contributed by atoms with Crippen LogP contribution in [0.2, 0.25) is 0 Å². The highest BCUT2D eigenvalue weighted by Gasteiger charge is 2.25.